The highest BCUT2D eigenvalue weighted by Gasteiger charge is 2.06. The Hall–Kier alpha value is -0.410. The van der Waals surface area contributed by atoms with Crippen LogP contribution in [0.4, 0.5) is 4.39 Å². The average molecular weight is 179 g/mol. The van der Waals surface area contributed by atoms with Gasteiger partial charge in [-0.05, 0) is 12.1 Å². The van der Waals surface area contributed by atoms with Gasteiger partial charge in [-0.25, -0.2) is 4.39 Å². The summed E-state index contributed by atoms with van der Waals surface area (Å²) >= 11 is 9.02. The summed E-state index contributed by atoms with van der Waals surface area (Å²) < 4.78 is 12.6. The van der Waals surface area contributed by atoms with Gasteiger partial charge in [0, 0.05) is 0 Å². The Labute approximate surface area is 67.8 Å². The van der Waals surface area contributed by atoms with E-state index < -0.39 is 5.82 Å². The lowest BCUT2D eigenvalue weighted by molar-refractivity contribution is 0.450. The van der Waals surface area contributed by atoms with Gasteiger partial charge in [0.2, 0.25) is 0 Å². The molecule has 1 aromatic carbocycles. The van der Waals surface area contributed by atoms with E-state index in [0.29, 0.717) is 0 Å². The highest BCUT2D eigenvalue weighted by molar-refractivity contribution is 7.80. The monoisotopic (exact) mass is 178 g/mol. The van der Waals surface area contributed by atoms with E-state index in [1.807, 2.05) is 0 Å². The molecule has 1 rings (SSSR count). The van der Waals surface area contributed by atoms with Crippen LogP contribution in [0.2, 0.25) is 5.02 Å². The number of halogens is 2. The van der Waals surface area contributed by atoms with Gasteiger partial charge in [0.15, 0.2) is 5.82 Å². The molecule has 0 unspecified atom stereocenters. The Kier molecular flexibility index (Phi) is 2.06. The molecule has 0 aliphatic rings. The van der Waals surface area contributed by atoms with Gasteiger partial charge in [-0.1, -0.05) is 11.6 Å². The van der Waals surface area contributed by atoms with Gasteiger partial charge >= 0.3 is 0 Å². The van der Waals surface area contributed by atoms with Crippen LogP contribution >= 0.6 is 24.2 Å². The molecule has 0 aliphatic heterocycles. The lowest BCUT2D eigenvalue weighted by Crippen LogP contribution is -1.79. The first-order chi connectivity index (χ1) is 4.63. The largest absolute Gasteiger partial charge is 0.507 e. The minimum Gasteiger partial charge on any atom is -0.507 e. The fourth-order valence-corrected chi connectivity index (χ4v) is 0.948. The van der Waals surface area contributed by atoms with Gasteiger partial charge in [-0.15, -0.1) is 12.6 Å². The molecule has 0 saturated carbocycles. The first kappa shape index (κ1) is 7.69. The van der Waals surface area contributed by atoms with Crippen molar-refractivity contribution in [2.45, 2.75) is 4.90 Å². The Balaban J connectivity index is 3.34. The maximum Gasteiger partial charge on any atom is 0.158 e. The summed E-state index contributed by atoms with van der Waals surface area (Å²) in [7, 11) is 0. The molecule has 0 saturated heterocycles. The molecule has 0 amide bonds. The zero-order valence-electron chi connectivity index (χ0n) is 4.81. The summed E-state index contributed by atoms with van der Waals surface area (Å²) in [5.74, 6) is -0.893. The van der Waals surface area contributed by atoms with Crippen molar-refractivity contribution >= 4 is 24.2 Å². The molecule has 10 heavy (non-hydrogen) atoms. The van der Waals surface area contributed by atoms with Crippen LogP contribution in [0, 0.1) is 5.82 Å². The molecule has 0 aromatic heterocycles. The number of aromatic hydroxyl groups is 1. The van der Waals surface area contributed by atoms with Crippen LogP contribution in [0.5, 0.6) is 5.75 Å². The van der Waals surface area contributed by atoms with Gasteiger partial charge in [0.05, 0.1) is 9.92 Å². The summed E-state index contributed by atoms with van der Waals surface area (Å²) in [6, 6.07) is 2.56. The molecule has 0 radical (unpaired) electrons. The smallest absolute Gasteiger partial charge is 0.158 e. The molecule has 1 nitrogen and oxygen atoms in total. The minimum absolute atomic E-state index is 0.0391. The normalized spacial score (nSPS) is 9.90. The predicted octanol–water partition coefficient (Wildman–Crippen LogP) is 2.47. The molecule has 0 fully saturated rings. The standard InChI is InChI=1S/C6H4ClFOS/c7-3-1-2-4(9)6(10)5(3)8/h1-2,9-10H. The summed E-state index contributed by atoms with van der Waals surface area (Å²) in [6.07, 6.45) is 0. The van der Waals surface area contributed by atoms with Gasteiger partial charge in [-0.2, -0.15) is 0 Å². The van der Waals surface area contributed by atoms with Crippen LogP contribution < -0.4 is 0 Å². The molecule has 0 aliphatic carbocycles. The average Bonchev–Trinajstić information content (AvgIpc) is 1.93. The number of phenols is 1. The van der Waals surface area contributed by atoms with Gasteiger partial charge in [0.25, 0.3) is 0 Å². The van der Waals surface area contributed by atoms with Crippen molar-refractivity contribution in [1.82, 2.24) is 0 Å². The van der Waals surface area contributed by atoms with Crippen molar-refractivity contribution in [1.29, 1.82) is 0 Å². The lowest BCUT2D eigenvalue weighted by Gasteiger charge is -1.98. The zero-order valence-corrected chi connectivity index (χ0v) is 6.46. The number of thiol groups is 1. The summed E-state index contributed by atoms with van der Waals surface area (Å²) in [5, 5.41) is 8.81. The molecule has 0 heterocycles. The van der Waals surface area contributed by atoms with Crippen molar-refractivity contribution < 1.29 is 9.50 Å². The van der Waals surface area contributed by atoms with Crippen molar-refractivity contribution in [2.24, 2.45) is 0 Å². The topological polar surface area (TPSA) is 20.2 Å². The highest BCUT2D eigenvalue weighted by Crippen LogP contribution is 2.28. The van der Waals surface area contributed by atoms with E-state index in [-0.39, 0.29) is 15.7 Å². The number of phenolic OH excluding ortho intramolecular Hbond substituents is 1. The molecule has 1 aromatic rings. The van der Waals surface area contributed by atoms with Crippen molar-refractivity contribution in [2.75, 3.05) is 0 Å². The Morgan fingerprint density at radius 3 is 2.60 bits per heavy atom. The van der Waals surface area contributed by atoms with Crippen LogP contribution in [0.1, 0.15) is 0 Å². The summed E-state index contributed by atoms with van der Waals surface area (Å²) in [5.41, 5.74) is 0. The van der Waals surface area contributed by atoms with Gasteiger partial charge in [0.1, 0.15) is 5.75 Å². The Bertz CT molecular complexity index is 237. The maximum absolute atomic E-state index is 12.6. The first-order valence-corrected chi connectivity index (χ1v) is 3.31. The van der Waals surface area contributed by atoms with Crippen molar-refractivity contribution in [3.05, 3.63) is 23.0 Å². The molecule has 0 atom stereocenters. The fourth-order valence-electron chi connectivity index (χ4n) is 0.530. The Morgan fingerprint density at radius 1 is 1.50 bits per heavy atom. The van der Waals surface area contributed by atoms with Gasteiger partial charge < -0.3 is 5.11 Å². The van der Waals surface area contributed by atoms with Crippen LogP contribution in [-0.2, 0) is 0 Å². The maximum atomic E-state index is 12.6. The number of benzene rings is 1. The van der Waals surface area contributed by atoms with Crippen molar-refractivity contribution in [3.63, 3.8) is 0 Å². The third-order valence-electron chi connectivity index (χ3n) is 1.05. The summed E-state index contributed by atoms with van der Waals surface area (Å²) in [4.78, 5) is -0.118. The molecule has 0 spiro atoms. The third kappa shape index (κ3) is 1.20. The molecule has 4 heteroatoms. The lowest BCUT2D eigenvalue weighted by atomic mass is 10.3. The molecule has 1 N–H and O–H groups in total. The van der Waals surface area contributed by atoms with Crippen molar-refractivity contribution in [3.8, 4) is 5.75 Å². The second-order valence-corrected chi connectivity index (χ2v) is 2.58. The van der Waals surface area contributed by atoms with E-state index in [2.05, 4.69) is 12.6 Å². The molecular weight excluding hydrogens is 175 g/mol. The summed E-state index contributed by atoms with van der Waals surface area (Å²) in [6.45, 7) is 0. The quantitative estimate of drug-likeness (QED) is 0.585. The Morgan fingerprint density at radius 2 is 2.10 bits per heavy atom. The van der Waals surface area contributed by atoms with E-state index in [0.717, 1.165) is 0 Å². The third-order valence-corrected chi connectivity index (χ3v) is 1.77. The number of hydrogen-bond acceptors (Lipinski definition) is 2. The highest BCUT2D eigenvalue weighted by atomic mass is 35.5. The van der Waals surface area contributed by atoms with Crippen LogP contribution in [-0.4, -0.2) is 5.11 Å². The van der Waals surface area contributed by atoms with Crippen LogP contribution in [0.25, 0.3) is 0 Å². The first-order valence-electron chi connectivity index (χ1n) is 2.49. The second-order valence-electron chi connectivity index (χ2n) is 1.73. The van der Waals surface area contributed by atoms with E-state index in [1.54, 1.807) is 0 Å². The second kappa shape index (κ2) is 2.68. The van der Waals surface area contributed by atoms with Gasteiger partial charge in [-0.3, -0.25) is 0 Å². The number of rotatable bonds is 0. The zero-order chi connectivity index (χ0) is 7.72. The van der Waals surface area contributed by atoms with E-state index in [9.17, 15) is 4.39 Å². The molecule has 54 valence electrons. The number of hydrogen-bond donors (Lipinski definition) is 2. The molecular formula is C6H4ClFOS. The predicted molar refractivity (Wildman–Crippen MR) is 40.3 cm³/mol. The van der Waals surface area contributed by atoms with Crippen LogP contribution in [0.3, 0.4) is 0 Å². The SMILES string of the molecule is Oc1ccc(Cl)c(F)c1S. The fraction of sp³-hybridized carbons (Fsp3) is 0. The molecule has 0 bridgehead atoms. The van der Waals surface area contributed by atoms with Crippen LogP contribution in [0.15, 0.2) is 17.0 Å². The minimum atomic E-state index is -0.690. The van der Waals surface area contributed by atoms with E-state index >= 15 is 0 Å². The van der Waals surface area contributed by atoms with E-state index in [4.69, 9.17) is 16.7 Å². The van der Waals surface area contributed by atoms with E-state index in [1.165, 1.54) is 12.1 Å².